The molecule has 29 heavy (non-hydrogen) atoms. The van der Waals surface area contributed by atoms with Crippen LogP contribution in [-0.4, -0.2) is 29.7 Å². The van der Waals surface area contributed by atoms with Crippen molar-refractivity contribution in [3.05, 3.63) is 63.3 Å². The van der Waals surface area contributed by atoms with Crippen molar-refractivity contribution in [1.29, 1.82) is 0 Å². The van der Waals surface area contributed by atoms with Crippen LogP contribution in [-0.2, 0) is 11.4 Å². The fourth-order valence-corrected chi connectivity index (χ4v) is 3.74. The Bertz CT molecular complexity index is 1050. The molecule has 1 aliphatic heterocycles. The van der Waals surface area contributed by atoms with Gasteiger partial charge in [-0.15, -0.1) is 6.42 Å². The van der Waals surface area contributed by atoms with Crippen molar-refractivity contribution < 1.29 is 23.5 Å². The zero-order valence-electron chi connectivity index (χ0n) is 15.3. The summed E-state index contributed by atoms with van der Waals surface area (Å²) in [6.45, 7) is 0.0110. The summed E-state index contributed by atoms with van der Waals surface area (Å²) in [6.07, 6.45) is 6.72. The number of imide groups is 1. The summed E-state index contributed by atoms with van der Waals surface area (Å²) in [5.74, 6) is 2.09. The number of thioether (sulfide) groups is 1. The highest BCUT2D eigenvalue weighted by Gasteiger charge is 2.34. The summed E-state index contributed by atoms with van der Waals surface area (Å²) >= 11 is 7.14. The van der Waals surface area contributed by atoms with Crippen molar-refractivity contribution >= 4 is 40.6 Å². The van der Waals surface area contributed by atoms with Gasteiger partial charge in [0.15, 0.2) is 11.5 Å². The lowest BCUT2D eigenvalue weighted by molar-refractivity contribution is -0.122. The molecule has 1 fully saturated rings. The molecule has 0 N–H and O–H groups in total. The molecule has 0 atom stereocenters. The quantitative estimate of drug-likeness (QED) is 0.488. The zero-order chi connectivity index (χ0) is 21.0. The molecule has 2 amide bonds. The molecule has 0 aromatic heterocycles. The number of benzene rings is 2. The fourth-order valence-electron chi connectivity index (χ4n) is 2.62. The number of rotatable bonds is 6. The molecular weight excluding hydrogens is 417 g/mol. The molecule has 0 bridgehead atoms. The molecule has 148 valence electrons. The van der Waals surface area contributed by atoms with Crippen LogP contribution in [0.15, 0.2) is 41.3 Å². The lowest BCUT2D eigenvalue weighted by atomic mass is 10.1. The molecule has 1 aliphatic rings. The van der Waals surface area contributed by atoms with Crippen molar-refractivity contribution in [1.82, 2.24) is 4.90 Å². The average Bonchev–Trinajstić information content (AvgIpc) is 2.94. The lowest BCUT2D eigenvalue weighted by Crippen LogP contribution is -2.28. The lowest BCUT2D eigenvalue weighted by Gasteiger charge is -2.13. The summed E-state index contributed by atoms with van der Waals surface area (Å²) in [7, 11) is 1.45. The van der Waals surface area contributed by atoms with Gasteiger partial charge in [0.2, 0.25) is 0 Å². The third kappa shape index (κ3) is 4.73. The van der Waals surface area contributed by atoms with E-state index in [1.54, 1.807) is 24.3 Å². The Morgan fingerprint density at radius 2 is 2.10 bits per heavy atom. The predicted octanol–water partition coefficient (Wildman–Crippen LogP) is 4.74. The van der Waals surface area contributed by atoms with Crippen molar-refractivity contribution in [2.75, 3.05) is 13.7 Å². The van der Waals surface area contributed by atoms with E-state index in [0.29, 0.717) is 16.9 Å². The number of methoxy groups -OCH3 is 1. The van der Waals surface area contributed by atoms with Crippen LogP contribution in [0.2, 0.25) is 5.02 Å². The Balaban J connectivity index is 1.84. The van der Waals surface area contributed by atoms with Crippen LogP contribution in [0, 0.1) is 18.2 Å². The van der Waals surface area contributed by atoms with Gasteiger partial charge in [-0.2, -0.15) is 0 Å². The maximum absolute atomic E-state index is 13.3. The Labute approximate surface area is 176 Å². The van der Waals surface area contributed by atoms with E-state index in [4.69, 9.17) is 27.5 Å². The highest BCUT2D eigenvalue weighted by molar-refractivity contribution is 8.18. The van der Waals surface area contributed by atoms with Crippen molar-refractivity contribution in [3.63, 3.8) is 0 Å². The summed E-state index contributed by atoms with van der Waals surface area (Å²) in [5.41, 5.74) is 1.19. The molecule has 2 aromatic carbocycles. The topological polar surface area (TPSA) is 55.8 Å². The normalized spacial score (nSPS) is 15.0. The van der Waals surface area contributed by atoms with E-state index in [9.17, 15) is 14.0 Å². The first-order chi connectivity index (χ1) is 13.9. The molecule has 0 unspecified atom stereocenters. The standard InChI is InChI=1S/C21H15ClFNO4S/c1-3-7-24-20(25)18(29-21(24)26)11-14-9-16(22)19(17(10-14)27-2)28-12-13-5-4-6-15(23)8-13/h1,4-6,8-11H,7,12H2,2H3. The van der Waals surface area contributed by atoms with Crippen LogP contribution in [0.1, 0.15) is 11.1 Å². The molecule has 1 saturated heterocycles. The first-order valence-electron chi connectivity index (χ1n) is 8.36. The number of amides is 2. The maximum atomic E-state index is 13.3. The van der Waals surface area contributed by atoms with Crippen molar-refractivity contribution in [3.8, 4) is 23.8 Å². The van der Waals surface area contributed by atoms with Crippen LogP contribution >= 0.6 is 23.4 Å². The number of carbonyl (C=O) groups is 2. The van der Waals surface area contributed by atoms with E-state index >= 15 is 0 Å². The van der Waals surface area contributed by atoms with Crippen LogP contribution in [0.5, 0.6) is 11.5 Å². The molecule has 0 radical (unpaired) electrons. The molecule has 3 rings (SSSR count). The molecule has 0 spiro atoms. The first-order valence-corrected chi connectivity index (χ1v) is 9.56. The summed E-state index contributed by atoms with van der Waals surface area (Å²) in [5, 5.41) is -0.179. The fraction of sp³-hybridized carbons (Fsp3) is 0.143. The van der Waals surface area contributed by atoms with Crippen LogP contribution in [0.3, 0.4) is 0 Å². The number of hydrogen-bond donors (Lipinski definition) is 0. The number of hydrogen-bond acceptors (Lipinski definition) is 5. The maximum Gasteiger partial charge on any atom is 0.294 e. The molecular formula is C21H15ClFNO4S. The van der Waals surface area contributed by atoms with E-state index in [0.717, 1.165) is 16.7 Å². The van der Waals surface area contributed by atoms with Gasteiger partial charge >= 0.3 is 0 Å². The second kappa shape index (κ2) is 9.03. The molecule has 8 heteroatoms. The van der Waals surface area contributed by atoms with Gasteiger partial charge < -0.3 is 9.47 Å². The second-order valence-electron chi connectivity index (χ2n) is 5.92. The minimum atomic E-state index is -0.459. The Morgan fingerprint density at radius 3 is 2.79 bits per heavy atom. The van der Waals surface area contributed by atoms with E-state index in [1.165, 1.54) is 25.3 Å². The van der Waals surface area contributed by atoms with E-state index < -0.39 is 11.1 Å². The van der Waals surface area contributed by atoms with E-state index in [1.807, 2.05) is 0 Å². The molecule has 5 nitrogen and oxygen atoms in total. The van der Waals surface area contributed by atoms with Gasteiger partial charge in [-0.25, -0.2) is 4.39 Å². The number of ether oxygens (including phenoxy) is 2. The minimum absolute atomic E-state index is 0.0844. The summed E-state index contributed by atoms with van der Waals surface area (Å²) < 4.78 is 24.4. The van der Waals surface area contributed by atoms with Crippen LogP contribution < -0.4 is 9.47 Å². The molecule has 0 aliphatic carbocycles. The largest absolute Gasteiger partial charge is 0.493 e. The third-order valence-corrected chi connectivity index (χ3v) is 5.13. The zero-order valence-corrected chi connectivity index (χ0v) is 16.8. The monoisotopic (exact) mass is 431 g/mol. The van der Waals surface area contributed by atoms with Gasteiger partial charge in [-0.1, -0.05) is 29.7 Å². The molecule has 1 heterocycles. The minimum Gasteiger partial charge on any atom is -0.493 e. The summed E-state index contributed by atoms with van der Waals surface area (Å²) in [4.78, 5) is 25.4. The van der Waals surface area contributed by atoms with Gasteiger partial charge in [0, 0.05) is 0 Å². The highest BCUT2D eigenvalue weighted by Crippen LogP contribution is 2.39. The highest BCUT2D eigenvalue weighted by atomic mass is 35.5. The first kappa shape index (κ1) is 20.8. The van der Waals surface area contributed by atoms with Gasteiger partial charge in [0.25, 0.3) is 11.1 Å². The van der Waals surface area contributed by atoms with Gasteiger partial charge in [0.05, 0.1) is 23.6 Å². The van der Waals surface area contributed by atoms with Crippen LogP contribution in [0.25, 0.3) is 6.08 Å². The number of terminal acetylenes is 1. The van der Waals surface area contributed by atoms with Gasteiger partial charge in [-0.05, 0) is 53.2 Å². The SMILES string of the molecule is C#CCN1C(=O)SC(=Cc2cc(Cl)c(OCc3cccc(F)c3)c(OC)c2)C1=O. The number of carbonyl (C=O) groups excluding carboxylic acids is 2. The second-order valence-corrected chi connectivity index (χ2v) is 7.33. The van der Waals surface area contributed by atoms with Gasteiger partial charge in [-0.3, -0.25) is 14.5 Å². The van der Waals surface area contributed by atoms with Crippen molar-refractivity contribution in [2.45, 2.75) is 6.61 Å². The summed E-state index contributed by atoms with van der Waals surface area (Å²) in [6, 6.07) is 9.23. The van der Waals surface area contributed by atoms with E-state index in [2.05, 4.69) is 5.92 Å². The number of nitrogens with zero attached hydrogens (tertiary/aromatic N) is 1. The average molecular weight is 432 g/mol. The van der Waals surface area contributed by atoms with E-state index in [-0.39, 0.29) is 34.6 Å². The van der Waals surface area contributed by atoms with Crippen LogP contribution in [0.4, 0.5) is 9.18 Å². The Hall–Kier alpha value is -2.95. The van der Waals surface area contributed by atoms with Gasteiger partial charge in [0.1, 0.15) is 12.4 Å². The third-order valence-electron chi connectivity index (χ3n) is 3.94. The Kier molecular flexibility index (Phi) is 6.47. The van der Waals surface area contributed by atoms with Crippen molar-refractivity contribution in [2.24, 2.45) is 0 Å². The molecule has 0 saturated carbocycles. The Morgan fingerprint density at radius 1 is 1.31 bits per heavy atom. The predicted molar refractivity (Wildman–Crippen MR) is 110 cm³/mol. The smallest absolute Gasteiger partial charge is 0.294 e. The molecule has 2 aromatic rings. The number of halogens is 2.